The molecule has 1 aromatic heterocycles. The fourth-order valence-electron chi connectivity index (χ4n) is 3.84. The molecule has 0 saturated heterocycles. The summed E-state index contributed by atoms with van der Waals surface area (Å²) in [7, 11) is 0. The largest absolute Gasteiger partial charge is 0.398 e. The third-order valence-corrected chi connectivity index (χ3v) is 5.40. The average Bonchev–Trinajstić information content (AvgIpc) is 3.09. The Labute approximate surface area is 164 Å². The zero-order chi connectivity index (χ0) is 19.1. The van der Waals surface area contributed by atoms with Crippen LogP contribution < -0.4 is 5.73 Å². The van der Waals surface area contributed by atoms with Crippen LogP contribution in [0.4, 0.5) is 5.69 Å². The lowest BCUT2D eigenvalue weighted by Gasteiger charge is -2.13. The van der Waals surface area contributed by atoms with E-state index in [9.17, 15) is 0 Å². The Morgan fingerprint density at radius 3 is 2.54 bits per heavy atom. The second kappa shape index (κ2) is 6.54. The molecular formula is C25H21N3. The summed E-state index contributed by atoms with van der Waals surface area (Å²) < 4.78 is 2.29. The molecule has 136 valence electrons. The Bertz CT molecular complexity index is 1310. The molecule has 3 heteroatoms. The van der Waals surface area contributed by atoms with Crippen molar-refractivity contribution in [2.75, 3.05) is 5.73 Å². The number of rotatable bonds is 3. The van der Waals surface area contributed by atoms with E-state index < -0.39 is 0 Å². The van der Waals surface area contributed by atoms with Crippen molar-refractivity contribution in [2.24, 2.45) is 0 Å². The Balaban J connectivity index is 1.72. The number of hydrogen-bond donors (Lipinski definition) is 1. The molecule has 0 saturated carbocycles. The van der Waals surface area contributed by atoms with E-state index >= 15 is 0 Å². The second-order valence-corrected chi connectivity index (χ2v) is 7.22. The van der Waals surface area contributed by atoms with Gasteiger partial charge in [0, 0.05) is 11.3 Å². The van der Waals surface area contributed by atoms with Gasteiger partial charge in [0.05, 0.1) is 17.6 Å². The fraction of sp³-hybridized carbons (Fsp3) is 0.0800. The summed E-state index contributed by atoms with van der Waals surface area (Å²) in [5, 5.41) is 2.53. The molecule has 0 bridgehead atoms. The highest BCUT2D eigenvalue weighted by atomic mass is 15.1. The van der Waals surface area contributed by atoms with E-state index in [0.29, 0.717) is 0 Å². The number of fused-ring (bicyclic) bond motifs is 2. The van der Waals surface area contributed by atoms with Crippen molar-refractivity contribution in [1.82, 2.24) is 9.55 Å². The van der Waals surface area contributed by atoms with E-state index in [4.69, 9.17) is 10.7 Å². The number of anilines is 1. The highest BCUT2D eigenvalue weighted by molar-refractivity contribution is 5.86. The number of aryl methyl sites for hydroxylation is 1. The van der Waals surface area contributed by atoms with Gasteiger partial charge in [-0.05, 0) is 47.0 Å². The molecule has 0 radical (unpaired) electrons. The van der Waals surface area contributed by atoms with Crippen LogP contribution in [-0.2, 0) is 6.54 Å². The summed E-state index contributed by atoms with van der Waals surface area (Å²) in [6, 6.07) is 29.5. The van der Waals surface area contributed by atoms with Crippen molar-refractivity contribution in [2.45, 2.75) is 13.5 Å². The van der Waals surface area contributed by atoms with E-state index in [1.807, 2.05) is 19.1 Å². The second-order valence-electron chi connectivity index (χ2n) is 7.22. The highest BCUT2D eigenvalue weighted by Crippen LogP contribution is 2.29. The summed E-state index contributed by atoms with van der Waals surface area (Å²) in [4.78, 5) is 4.94. The van der Waals surface area contributed by atoms with E-state index in [1.165, 1.54) is 16.3 Å². The third-order valence-electron chi connectivity index (χ3n) is 5.40. The van der Waals surface area contributed by atoms with Gasteiger partial charge in [-0.25, -0.2) is 4.98 Å². The monoisotopic (exact) mass is 363 g/mol. The molecule has 0 spiro atoms. The van der Waals surface area contributed by atoms with Gasteiger partial charge in [0.25, 0.3) is 0 Å². The minimum atomic E-state index is 0.755. The maximum absolute atomic E-state index is 6.19. The first-order valence-electron chi connectivity index (χ1n) is 9.49. The van der Waals surface area contributed by atoms with Crippen LogP contribution in [0.15, 0.2) is 84.9 Å². The van der Waals surface area contributed by atoms with Gasteiger partial charge in [0.15, 0.2) is 0 Å². The quantitative estimate of drug-likeness (QED) is 0.412. The molecule has 0 aliphatic carbocycles. The van der Waals surface area contributed by atoms with Gasteiger partial charge in [0.1, 0.15) is 5.82 Å². The molecule has 2 N–H and O–H groups in total. The standard InChI is InChI=1S/C25H21N3/c1-17-13-14-19(15-22(17)26)25-27-23-11-4-5-12-24(23)28(25)16-20-9-6-8-18-7-2-3-10-21(18)20/h2-15H,16,26H2,1H3. The number of para-hydroxylation sites is 2. The number of hydrogen-bond acceptors (Lipinski definition) is 2. The average molecular weight is 363 g/mol. The minimum Gasteiger partial charge on any atom is -0.398 e. The smallest absolute Gasteiger partial charge is 0.141 e. The molecule has 0 fully saturated rings. The van der Waals surface area contributed by atoms with Crippen LogP contribution in [0.3, 0.4) is 0 Å². The van der Waals surface area contributed by atoms with Crippen molar-refractivity contribution in [1.29, 1.82) is 0 Å². The molecule has 1 heterocycles. The number of aromatic nitrogens is 2. The van der Waals surface area contributed by atoms with Crippen LogP contribution >= 0.6 is 0 Å². The highest BCUT2D eigenvalue weighted by Gasteiger charge is 2.14. The predicted molar refractivity (Wildman–Crippen MR) is 117 cm³/mol. The first-order valence-corrected chi connectivity index (χ1v) is 9.49. The lowest BCUT2D eigenvalue weighted by molar-refractivity contribution is 0.840. The molecule has 0 amide bonds. The van der Waals surface area contributed by atoms with Crippen LogP contribution in [0.25, 0.3) is 33.2 Å². The summed E-state index contributed by atoms with van der Waals surface area (Å²) >= 11 is 0. The Kier molecular flexibility index (Phi) is 3.87. The Morgan fingerprint density at radius 1 is 0.857 bits per heavy atom. The van der Waals surface area contributed by atoms with Gasteiger partial charge < -0.3 is 10.3 Å². The van der Waals surface area contributed by atoms with Gasteiger partial charge in [-0.15, -0.1) is 0 Å². The van der Waals surface area contributed by atoms with E-state index in [-0.39, 0.29) is 0 Å². The molecule has 0 aliphatic rings. The molecular weight excluding hydrogens is 342 g/mol. The molecule has 5 aromatic rings. The number of nitrogens with two attached hydrogens (primary N) is 1. The summed E-state index contributed by atoms with van der Waals surface area (Å²) in [6.45, 7) is 2.78. The predicted octanol–water partition coefficient (Wildman–Crippen LogP) is 5.80. The van der Waals surface area contributed by atoms with Crippen LogP contribution in [0, 0.1) is 6.92 Å². The van der Waals surface area contributed by atoms with Crippen molar-refractivity contribution < 1.29 is 0 Å². The molecule has 5 rings (SSSR count). The number of nitrogen functional groups attached to an aromatic ring is 1. The number of benzene rings is 4. The third kappa shape index (κ3) is 2.72. The zero-order valence-corrected chi connectivity index (χ0v) is 15.8. The lowest BCUT2D eigenvalue weighted by Crippen LogP contribution is -2.03. The van der Waals surface area contributed by atoms with E-state index in [0.717, 1.165) is 40.2 Å². The van der Waals surface area contributed by atoms with Crippen LogP contribution in [0.5, 0.6) is 0 Å². The minimum absolute atomic E-state index is 0.755. The van der Waals surface area contributed by atoms with Gasteiger partial charge in [-0.2, -0.15) is 0 Å². The van der Waals surface area contributed by atoms with Crippen molar-refractivity contribution >= 4 is 27.5 Å². The summed E-state index contributed by atoms with van der Waals surface area (Å²) in [5.74, 6) is 0.945. The Morgan fingerprint density at radius 2 is 1.64 bits per heavy atom. The van der Waals surface area contributed by atoms with E-state index in [1.54, 1.807) is 0 Å². The molecule has 0 atom stereocenters. The summed E-state index contributed by atoms with van der Waals surface area (Å²) in [5.41, 5.74) is 12.5. The van der Waals surface area contributed by atoms with Crippen molar-refractivity contribution in [3.8, 4) is 11.4 Å². The van der Waals surface area contributed by atoms with Crippen LogP contribution in [0.1, 0.15) is 11.1 Å². The molecule has 0 aliphatic heterocycles. The van der Waals surface area contributed by atoms with Crippen molar-refractivity contribution in [3.63, 3.8) is 0 Å². The SMILES string of the molecule is Cc1ccc(-c2nc3ccccc3n2Cc2cccc3ccccc23)cc1N. The molecule has 4 aromatic carbocycles. The van der Waals surface area contributed by atoms with Crippen LogP contribution in [0.2, 0.25) is 0 Å². The number of nitrogens with zero attached hydrogens (tertiary/aromatic N) is 2. The molecule has 28 heavy (non-hydrogen) atoms. The molecule has 3 nitrogen and oxygen atoms in total. The first kappa shape index (κ1) is 16.6. The van der Waals surface area contributed by atoms with Gasteiger partial charge in [0.2, 0.25) is 0 Å². The normalized spacial score (nSPS) is 11.3. The van der Waals surface area contributed by atoms with Crippen LogP contribution in [-0.4, -0.2) is 9.55 Å². The topological polar surface area (TPSA) is 43.8 Å². The maximum atomic E-state index is 6.19. The van der Waals surface area contributed by atoms with Gasteiger partial charge in [-0.1, -0.05) is 66.7 Å². The van der Waals surface area contributed by atoms with E-state index in [2.05, 4.69) is 77.4 Å². The van der Waals surface area contributed by atoms with Gasteiger partial charge >= 0.3 is 0 Å². The first-order chi connectivity index (χ1) is 13.7. The maximum Gasteiger partial charge on any atom is 0.141 e. The zero-order valence-electron chi connectivity index (χ0n) is 15.8. The molecule has 0 unspecified atom stereocenters. The van der Waals surface area contributed by atoms with Crippen molar-refractivity contribution in [3.05, 3.63) is 96.1 Å². The number of imidazole rings is 1. The Hall–Kier alpha value is -3.59. The summed E-state index contributed by atoms with van der Waals surface area (Å²) in [6.07, 6.45) is 0. The van der Waals surface area contributed by atoms with Gasteiger partial charge in [-0.3, -0.25) is 0 Å². The fourth-order valence-corrected chi connectivity index (χ4v) is 3.84. The lowest BCUT2D eigenvalue weighted by atomic mass is 10.0.